The number of carbonyl (C=O) groups is 2. The van der Waals surface area contributed by atoms with Gasteiger partial charge in [0.25, 0.3) is 5.89 Å². The summed E-state index contributed by atoms with van der Waals surface area (Å²) >= 11 is 0. The second kappa shape index (κ2) is 10.2. The van der Waals surface area contributed by atoms with Gasteiger partial charge in [0.2, 0.25) is 11.6 Å². The summed E-state index contributed by atoms with van der Waals surface area (Å²) in [5.74, 6) is 0.970. The molecule has 1 heterocycles. The highest BCUT2D eigenvalue weighted by atomic mass is 16.5. The summed E-state index contributed by atoms with van der Waals surface area (Å²) in [6.45, 7) is -0.199. The Morgan fingerprint density at radius 1 is 0.903 bits per heavy atom. The maximum Gasteiger partial charge on any atom is 0.306 e. The molecule has 0 spiro atoms. The molecule has 0 N–H and O–H groups in total. The lowest BCUT2D eigenvalue weighted by atomic mass is 10.1. The smallest absolute Gasteiger partial charge is 0.306 e. The molecule has 9 heteroatoms. The molecule has 162 valence electrons. The third-order valence-corrected chi connectivity index (χ3v) is 4.39. The summed E-state index contributed by atoms with van der Waals surface area (Å²) in [4.78, 5) is 24.0. The Hall–Kier alpha value is -3.88. The Morgan fingerprint density at radius 3 is 2.19 bits per heavy atom. The summed E-state index contributed by atoms with van der Waals surface area (Å²) in [7, 11) is 4.51. The van der Waals surface area contributed by atoms with Crippen molar-refractivity contribution < 1.29 is 33.0 Å². The molecule has 0 radical (unpaired) electrons. The average molecular weight is 426 g/mol. The third kappa shape index (κ3) is 5.39. The number of rotatable bonds is 10. The number of carbonyl (C=O) groups excluding carboxylic acids is 2. The van der Waals surface area contributed by atoms with Crippen LogP contribution in [0.15, 0.2) is 46.9 Å². The molecule has 0 unspecified atom stereocenters. The minimum absolute atomic E-state index is 0.0401. The number of ether oxygens (including phenoxy) is 4. The van der Waals surface area contributed by atoms with E-state index in [-0.39, 0.29) is 37.0 Å². The zero-order chi connectivity index (χ0) is 22.2. The molecular formula is C22H22N2O7. The van der Waals surface area contributed by atoms with Crippen molar-refractivity contribution in [3.05, 3.63) is 53.9 Å². The van der Waals surface area contributed by atoms with E-state index in [0.29, 0.717) is 28.4 Å². The van der Waals surface area contributed by atoms with Gasteiger partial charge in [0.05, 0.1) is 27.8 Å². The number of ketones is 1. The Balaban J connectivity index is 1.59. The molecule has 3 aromatic rings. The number of aromatic nitrogens is 2. The van der Waals surface area contributed by atoms with Crippen molar-refractivity contribution in [2.45, 2.75) is 19.4 Å². The normalized spacial score (nSPS) is 10.4. The zero-order valence-corrected chi connectivity index (χ0v) is 17.4. The molecule has 2 aromatic carbocycles. The van der Waals surface area contributed by atoms with Gasteiger partial charge in [0, 0.05) is 17.5 Å². The lowest BCUT2D eigenvalue weighted by Gasteiger charge is -2.12. The van der Waals surface area contributed by atoms with Crippen molar-refractivity contribution in [2.24, 2.45) is 0 Å². The van der Waals surface area contributed by atoms with Crippen molar-refractivity contribution in [1.29, 1.82) is 0 Å². The van der Waals surface area contributed by atoms with Crippen molar-refractivity contribution in [3.8, 4) is 28.7 Å². The Labute approximate surface area is 178 Å². The van der Waals surface area contributed by atoms with Crippen LogP contribution in [0.5, 0.6) is 17.2 Å². The van der Waals surface area contributed by atoms with Crippen LogP contribution in [0.4, 0.5) is 0 Å². The molecule has 0 fully saturated rings. The number of hydrogen-bond acceptors (Lipinski definition) is 9. The minimum Gasteiger partial charge on any atom is -0.493 e. The maximum absolute atomic E-state index is 12.1. The Kier molecular flexibility index (Phi) is 7.21. The highest BCUT2D eigenvalue weighted by Gasteiger charge is 2.18. The minimum atomic E-state index is -0.531. The summed E-state index contributed by atoms with van der Waals surface area (Å²) in [5.41, 5.74) is 1.11. The van der Waals surface area contributed by atoms with E-state index in [1.165, 1.54) is 21.3 Å². The molecule has 9 nitrogen and oxygen atoms in total. The van der Waals surface area contributed by atoms with Crippen LogP contribution in [-0.2, 0) is 16.1 Å². The second-order valence-electron chi connectivity index (χ2n) is 6.36. The summed E-state index contributed by atoms with van der Waals surface area (Å²) in [6, 6.07) is 12.1. The van der Waals surface area contributed by atoms with Crippen LogP contribution in [-0.4, -0.2) is 43.3 Å². The molecule has 3 rings (SSSR count). The van der Waals surface area contributed by atoms with Crippen LogP contribution in [0.3, 0.4) is 0 Å². The monoisotopic (exact) mass is 426 g/mol. The van der Waals surface area contributed by atoms with Gasteiger partial charge in [0.15, 0.2) is 23.9 Å². The number of Topliss-reactive ketones (excluding diaryl/α,β-unsaturated/α-hetero) is 1. The summed E-state index contributed by atoms with van der Waals surface area (Å²) < 4.78 is 26.6. The van der Waals surface area contributed by atoms with E-state index in [2.05, 4.69) is 10.2 Å². The highest BCUT2D eigenvalue weighted by molar-refractivity contribution is 5.97. The Morgan fingerprint density at radius 2 is 1.58 bits per heavy atom. The van der Waals surface area contributed by atoms with Crippen LogP contribution in [0.25, 0.3) is 11.5 Å². The highest BCUT2D eigenvalue weighted by Crippen LogP contribution is 2.40. The van der Waals surface area contributed by atoms with Crippen molar-refractivity contribution in [1.82, 2.24) is 10.2 Å². The van der Waals surface area contributed by atoms with Crippen molar-refractivity contribution >= 4 is 11.8 Å². The van der Waals surface area contributed by atoms with E-state index in [4.69, 9.17) is 23.4 Å². The van der Waals surface area contributed by atoms with Gasteiger partial charge >= 0.3 is 5.97 Å². The van der Waals surface area contributed by atoms with Crippen LogP contribution < -0.4 is 14.2 Å². The fraction of sp³-hybridized carbons (Fsp3) is 0.273. The first-order chi connectivity index (χ1) is 15.0. The Bertz CT molecular complexity index is 1020. The standard InChI is InChI=1S/C22H22N2O7/c1-27-17-11-15(12-18(28-2)21(17)29-3)22-24-23-19(31-22)13-30-20(26)10-9-16(25)14-7-5-4-6-8-14/h4-8,11-12H,9-10,13H2,1-3H3. The number of benzene rings is 2. The van der Waals surface area contributed by atoms with E-state index >= 15 is 0 Å². The molecule has 0 bridgehead atoms. The number of methoxy groups -OCH3 is 3. The quantitative estimate of drug-likeness (QED) is 0.355. The first-order valence-corrected chi connectivity index (χ1v) is 9.42. The fourth-order valence-corrected chi connectivity index (χ4v) is 2.83. The topological polar surface area (TPSA) is 110 Å². The van der Waals surface area contributed by atoms with Gasteiger partial charge in [-0.1, -0.05) is 30.3 Å². The lowest BCUT2D eigenvalue weighted by molar-refractivity contribution is -0.145. The third-order valence-electron chi connectivity index (χ3n) is 4.39. The van der Waals surface area contributed by atoms with Crippen LogP contribution in [0.1, 0.15) is 29.1 Å². The summed E-state index contributed by atoms with van der Waals surface area (Å²) in [5, 5.41) is 7.86. The van der Waals surface area contributed by atoms with Gasteiger partial charge < -0.3 is 23.4 Å². The van der Waals surface area contributed by atoms with Crippen LogP contribution in [0, 0.1) is 0 Å². The first kappa shape index (κ1) is 21.8. The predicted molar refractivity (Wildman–Crippen MR) is 109 cm³/mol. The van der Waals surface area contributed by atoms with Crippen LogP contribution >= 0.6 is 0 Å². The van der Waals surface area contributed by atoms with Gasteiger partial charge in [-0.3, -0.25) is 9.59 Å². The molecular weight excluding hydrogens is 404 g/mol. The lowest BCUT2D eigenvalue weighted by Crippen LogP contribution is -2.08. The molecule has 0 aliphatic carbocycles. The van der Waals surface area contributed by atoms with Gasteiger partial charge in [-0.15, -0.1) is 10.2 Å². The SMILES string of the molecule is COc1cc(-c2nnc(COC(=O)CCC(=O)c3ccccc3)o2)cc(OC)c1OC. The molecule has 31 heavy (non-hydrogen) atoms. The van der Waals surface area contributed by atoms with Crippen LogP contribution in [0.2, 0.25) is 0 Å². The number of hydrogen-bond donors (Lipinski definition) is 0. The molecule has 0 saturated carbocycles. The average Bonchev–Trinajstić information content (AvgIpc) is 3.29. The first-order valence-electron chi connectivity index (χ1n) is 9.42. The van der Waals surface area contributed by atoms with E-state index in [0.717, 1.165) is 0 Å². The van der Waals surface area contributed by atoms with E-state index < -0.39 is 5.97 Å². The zero-order valence-electron chi connectivity index (χ0n) is 17.4. The molecule has 0 aliphatic heterocycles. The van der Waals surface area contributed by atoms with Crippen molar-refractivity contribution in [3.63, 3.8) is 0 Å². The van der Waals surface area contributed by atoms with E-state index in [1.807, 2.05) is 6.07 Å². The van der Waals surface area contributed by atoms with Gasteiger partial charge in [-0.05, 0) is 12.1 Å². The largest absolute Gasteiger partial charge is 0.493 e. The molecule has 0 amide bonds. The van der Waals surface area contributed by atoms with Gasteiger partial charge in [0.1, 0.15) is 0 Å². The second-order valence-corrected chi connectivity index (χ2v) is 6.36. The maximum atomic E-state index is 12.1. The number of esters is 1. The molecule has 0 aliphatic rings. The number of nitrogens with zero attached hydrogens (tertiary/aromatic N) is 2. The van der Waals surface area contributed by atoms with E-state index in [1.54, 1.807) is 36.4 Å². The predicted octanol–water partition coefficient (Wildman–Crippen LogP) is 3.47. The molecule has 1 aromatic heterocycles. The van der Waals surface area contributed by atoms with Gasteiger partial charge in [-0.2, -0.15) is 0 Å². The molecule has 0 saturated heterocycles. The fourth-order valence-electron chi connectivity index (χ4n) is 2.83. The van der Waals surface area contributed by atoms with E-state index in [9.17, 15) is 9.59 Å². The summed E-state index contributed by atoms with van der Waals surface area (Å²) in [6.07, 6.45) is 0.0188. The van der Waals surface area contributed by atoms with Gasteiger partial charge in [-0.25, -0.2) is 0 Å². The van der Waals surface area contributed by atoms with Crippen molar-refractivity contribution in [2.75, 3.05) is 21.3 Å². The molecule has 0 atom stereocenters.